The summed E-state index contributed by atoms with van der Waals surface area (Å²) in [6.45, 7) is 0.293. The van der Waals surface area contributed by atoms with E-state index in [1.807, 2.05) is 0 Å². The molecular formula is C17H27N3O3S. The fraction of sp³-hybridized carbons (Fsp3) is 0.588. The number of nitrogens with one attached hydrogen (secondary N) is 1. The molecule has 7 heteroatoms. The number of carbonyl (C=O) groups excluding carboxylic acids is 1. The van der Waals surface area contributed by atoms with Crippen molar-refractivity contribution >= 4 is 15.9 Å². The minimum Gasteiger partial charge on any atom is -0.345 e. The van der Waals surface area contributed by atoms with Crippen LogP contribution in [0.4, 0.5) is 0 Å². The maximum absolute atomic E-state index is 12.6. The minimum atomic E-state index is -3.64. The molecule has 2 rings (SSSR count). The van der Waals surface area contributed by atoms with E-state index in [4.69, 9.17) is 5.73 Å². The second-order valence-electron chi connectivity index (χ2n) is 6.59. The Balaban J connectivity index is 2.12. The van der Waals surface area contributed by atoms with E-state index >= 15 is 0 Å². The summed E-state index contributed by atoms with van der Waals surface area (Å²) in [4.78, 5) is 13.5. The molecular weight excluding hydrogens is 326 g/mol. The van der Waals surface area contributed by atoms with E-state index in [1.165, 1.54) is 35.6 Å². The summed E-state index contributed by atoms with van der Waals surface area (Å²) in [6.07, 6.45) is 5.50. The number of benzene rings is 1. The van der Waals surface area contributed by atoms with Gasteiger partial charge in [0.2, 0.25) is 10.0 Å². The lowest BCUT2D eigenvalue weighted by molar-refractivity contribution is 0.0827. The molecule has 1 saturated carbocycles. The molecule has 24 heavy (non-hydrogen) atoms. The van der Waals surface area contributed by atoms with E-state index in [-0.39, 0.29) is 16.8 Å². The highest BCUT2D eigenvalue weighted by Gasteiger charge is 2.27. The van der Waals surface area contributed by atoms with Gasteiger partial charge in [-0.3, -0.25) is 4.79 Å². The van der Waals surface area contributed by atoms with Gasteiger partial charge in [0.15, 0.2) is 0 Å². The molecule has 0 heterocycles. The van der Waals surface area contributed by atoms with Crippen molar-refractivity contribution in [2.75, 3.05) is 20.6 Å². The molecule has 1 unspecified atom stereocenters. The van der Waals surface area contributed by atoms with Crippen molar-refractivity contribution in [2.45, 2.75) is 43.0 Å². The maximum Gasteiger partial charge on any atom is 0.253 e. The molecule has 134 valence electrons. The summed E-state index contributed by atoms with van der Waals surface area (Å²) in [5.74, 6) is 0.141. The molecule has 0 bridgehead atoms. The normalized spacial score (nSPS) is 17.5. The van der Waals surface area contributed by atoms with Gasteiger partial charge in [-0.1, -0.05) is 19.3 Å². The predicted octanol–water partition coefficient (Wildman–Crippen LogP) is 1.57. The number of rotatable bonds is 6. The van der Waals surface area contributed by atoms with Crippen molar-refractivity contribution in [2.24, 2.45) is 11.7 Å². The van der Waals surface area contributed by atoms with Crippen LogP contribution in [0.3, 0.4) is 0 Å². The van der Waals surface area contributed by atoms with Gasteiger partial charge in [-0.2, -0.15) is 0 Å². The van der Waals surface area contributed by atoms with Gasteiger partial charge in [0.25, 0.3) is 5.91 Å². The van der Waals surface area contributed by atoms with Crippen LogP contribution in [0.5, 0.6) is 0 Å². The molecule has 1 aromatic rings. The maximum atomic E-state index is 12.6. The summed E-state index contributed by atoms with van der Waals surface area (Å²) in [5.41, 5.74) is 6.27. The van der Waals surface area contributed by atoms with Crippen LogP contribution in [-0.4, -0.2) is 45.9 Å². The second kappa shape index (κ2) is 8.09. The summed E-state index contributed by atoms with van der Waals surface area (Å²) in [6, 6.07) is 5.77. The van der Waals surface area contributed by atoms with Crippen molar-refractivity contribution in [1.82, 2.24) is 9.62 Å². The number of nitrogens with two attached hydrogens (primary N) is 1. The number of amides is 1. The highest BCUT2D eigenvalue weighted by atomic mass is 32.2. The standard InChI is InChI=1S/C17H27N3O3S/c1-20(2)17(21)14-8-10-15(11-9-14)24(22,23)19-16(12-18)13-6-4-3-5-7-13/h8-11,13,16,19H,3-7,12,18H2,1-2H3. The fourth-order valence-electron chi connectivity index (χ4n) is 3.18. The van der Waals surface area contributed by atoms with Gasteiger partial charge in [0.1, 0.15) is 0 Å². The average molecular weight is 353 g/mol. The van der Waals surface area contributed by atoms with Crippen LogP contribution >= 0.6 is 0 Å². The van der Waals surface area contributed by atoms with Gasteiger partial charge in [0.05, 0.1) is 4.90 Å². The molecule has 0 aromatic heterocycles. The number of hydrogen-bond acceptors (Lipinski definition) is 4. The van der Waals surface area contributed by atoms with Gasteiger partial charge in [-0.25, -0.2) is 13.1 Å². The zero-order valence-electron chi connectivity index (χ0n) is 14.4. The van der Waals surface area contributed by atoms with Crippen molar-refractivity contribution in [3.8, 4) is 0 Å². The molecule has 0 aliphatic heterocycles. The van der Waals surface area contributed by atoms with Crippen molar-refractivity contribution < 1.29 is 13.2 Å². The first-order valence-corrected chi connectivity index (χ1v) is 9.87. The van der Waals surface area contributed by atoms with Gasteiger partial charge >= 0.3 is 0 Å². The Morgan fingerprint density at radius 3 is 2.29 bits per heavy atom. The van der Waals surface area contributed by atoms with E-state index in [0.717, 1.165) is 25.7 Å². The smallest absolute Gasteiger partial charge is 0.253 e. The summed E-state index contributed by atoms with van der Waals surface area (Å²) < 4.78 is 27.9. The zero-order valence-corrected chi connectivity index (χ0v) is 15.2. The quantitative estimate of drug-likeness (QED) is 0.812. The highest BCUT2D eigenvalue weighted by molar-refractivity contribution is 7.89. The lowest BCUT2D eigenvalue weighted by Gasteiger charge is -2.29. The van der Waals surface area contributed by atoms with E-state index in [2.05, 4.69) is 4.72 Å². The van der Waals surface area contributed by atoms with Gasteiger partial charge in [-0.15, -0.1) is 0 Å². The fourth-order valence-corrected chi connectivity index (χ4v) is 4.49. The third-order valence-corrected chi connectivity index (χ3v) is 6.10. The third-order valence-electron chi connectivity index (χ3n) is 4.60. The number of hydrogen-bond donors (Lipinski definition) is 2. The number of nitrogens with zero attached hydrogens (tertiary/aromatic N) is 1. The van der Waals surface area contributed by atoms with E-state index in [0.29, 0.717) is 18.0 Å². The summed E-state index contributed by atoms with van der Waals surface area (Å²) in [5, 5.41) is 0. The molecule has 0 spiro atoms. The highest BCUT2D eigenvalue weighted by Crippen LogP contribution is 2.27. The molecule has 1 fully saturated rings. The largest absolute Gasteiger partial charge is 0.345 e. The Bertz CT molecular complexity index is 650. The molecule has 1 amide bonds. The van der Waals surface area contributed by atoms with Gasteiger partial charge < -0.3 is 10.6 Å². The topological polar surface area (TPSA) is 92.5 Å². The Labute approximate surface area is 144 Å². The lowest BCUT2D eigenvalue weighted by atomic mass is 9.84. The SMILES string of the molecule is CN(C)C(=O)c1ccc(S(=O)(=O)NC(CN)C2CCCCC2)cc1. The van der Waals surface area contributed by atoms with Crippen LogP contribution in [0.15, 0.2) is 29.2 Å². The van der Waals surface area contributed by atoms with Crippen LogP contribution in [0.25, 0.3) is 0 Å². The van der Waals surface area contributed by atoms with Crippen molar-refractivity contribution in [3.63, 3.8) is 0 Å². The Hall–Kier alpha value is -1.44. The van der Waals surface area contributed by atoms with Crippen molar-refractivity contribution in [1.29, 1.82) is 0 Å². The van der Waals surface area contributed by atoms with Crippen molar-refractivity contribution in [3.05, 3.63) is 29.8 Å². The monoisotopic (exact) mass is 353 g/mol. The molecule has 1 atom stereocenters. The molecule has 0 saturated heterocycles. The number of carbonyl (C=O) groups is 1. The molecule has 1 aliphatic rings. The minimum absolute atomic E-state index is 0.158. The summed E-state index contributed by atoms with van der Waals surface area (Å²) in [7, 11) is -0.324. The third kappa shape index (κ3) is 4.55. The molecule has 3 N–H and O–H groups in total. The van der Waals surface area contributed by atoms with Crippen LogP contribution in [0.1, 0.15) is 42.5 Å². The Morgan fingerprint density at radius 2 is 1.79 bits per heavy atom. The predicted molar refractivity (Wildman–Crippen MR) is 94.2 cm³/mol. The lowest BCUT2D eigenvalue weighted by Crippen LogP contribution is -2.45. The van der Waals surface area contributed by atoms with Gasteiger partial charge in [0, 0.05) is 32.2 Å². The van der Waals surface area contributed by atoms with Crippen LogP contribution in [0.2, 0.25) is 0 Å². The van der Waals surface area contributed by atoms with Crippen LogP contribution in [-0.2, 0) is 10.0 Å². The molecule has 1 aliphatic carbocycles. The van der Waals surface area contributed by atoms with E-state index in [9.17, 15) is 13.2 Å². The van der Waals surface area contributed by atoms with E-state index in [1.54, 1.807) is 14.1 Å². The van der Waals surface area contributed by atoms with E-state index < -0.39 is 10.0 Å². The average Bonchev–Trinajstić information content (AvgIpc) is 2.59. The Morgan fingerprint density at radius 1 is 1.21 bits per heavy atom. The molecule has 1 aromatic carbocycles. The van der Waals surface area contributed by atoms with Gasteiger partial charge in [-0.05, 0) is 43.0 Å². The molecule has 6 nitrogen and oxygen atoms in total. The van der Waals surface area contributed by atoms with Crippen LogP contribution in [0, 0.1) is 5.92 Å². The number of sulfonamides is 1. The first-order chi connectivity index (χ1) is 11.3. The summed E-state index contributed by atoms with van der Waals surface area (Å²) >= 11 is 0. The van der Waals surface area contributed by atoms with Crippen LogP contribution < -0.4 is 10.5 Å². The zero-order chi connectivity index (χ0) is 17.7. The Kier molecular flexibility index (Phi) is 6.37. The first kappa shape index (κ1) is 18.9. The second-order valence-corrected chi connectivity index (χ2v) is 8.30. The first-order valence-electron chi connectivity index (χ1n) is 8.39. The molecule has 0 radical (unpaired) electrons.